The number of hydrogen-bond acceptors (Lipinski definition) is 6. The van der Waals surface area contributed by atoms with Gasteiger partial charge in [0, 0.05) is 30.3 Å². The molecule has 3 rings (SSSR count). The van der Waals surface area contributed by atoms with E-state index in [0.717, 1.165) is 26.4 Å². The van der Waals surface area contributed by atoms with E-state index in [1.165, 1.54) is 17.3 Å². The molecule has 1 aliphatic heterocycles. The number of carbonyl (C=O) groups is 3. The summed E-state index contributed by atoms with van der Waals surface area (Å²) in [5, 5.41) is 2.43. The van der Waals surface area contributed by atoms with Gasteiger partial charge in [-0.2, -0.15) is 0 Å². The third-order valence-electron chi connectivity index (χ3n) is 4.82. The molecular weight excluding hydrogens is 402 g/mol. The topological polar surface area (TPSA) is 114 Å². The van der Waals surface area contributed by atoms with E-state index in [0.29, 0.717) is 17.8 Å². The minimum Gasteiger partial charge on any atom is -0.469 e. The summed E-state index contributed by atoms with van der Waals surface area (Å²) >= 11 is 0. The zero-order valence-electron chi connectivity index (χ0n) is 16.3. The van der Waals surface area contributed by atoms with Crippen molar-refractivity contribution in [1.29, 1.82) is 0 Å². The van der Waals surface area contributed by atoms with Gasteiger partial charge >= 0.3 is 18.0 Å². The van der Waals surface area contributed by atoms with Crippen LogP contribution in [0.5, 0.6) is 0 Å². The number of rotatable bonds is 5. The fourth-order valence-electron chi connectivity index (χ4n) is 3.35. The summed E-state index contributed by atoms with van der Waals surface area (Å²) in [5.41, 5.74) is 1.17. The smallest absolute Gasteiger partial charge is 0.329 e. The highest BCUT2D eigenvalue weighted by atomic mass is 19.1. The number of fused-ring (bicyclic) bond motifs is 1. The summed E-state index contributed by atoms with van der Waals surface area (Å²) < 4.78 is 37.2. The van der Waals surface area contributed by atoms with Gasteiger partial charge in [-0.25, -0.2) is 23.4 Å². The normalized spacial score (nSPS) is 16.4. The zero-order valence-corrected chi connectivity index (χ0v) is 16.3. The molecule has 0 saturated carbocycles. The molecule has 1 unspecified atom stereocenters. The average Bonchev–Trinajstić information content (AvgIpc) is 3.21. The number of halogens is 2. The lowest BCUT2D eigenvalue weighted by Crippen LogP contribution is -2.52. The quantitative estimate of drug-likeness (QED) is 0.705. The maximum atomic E-state index is 14.6. The van der Waals surface area contributed by atoms with Gasteiger partial charge in [-0.3, -0.25) is 4.79 Å². The molecule has 9 nitrogen and oxygen atoms in total. The Labute approximate surface area is 170 Å². The maximum absolute atomic E-state index is 14.6. The van der Waals surface area contributed by atoms with E-state index in [1.54, 1.807) is 0 Å². The number of H-pyrrole nitrogens is 1. The summed E-state index contributed by atoms with van der Waals surface area (Å²) in [6.07, 6.45) is 1.39. The van der Waals surface area contributed by atoms with Crippen LogP contribution in [0.25, 0.3) is 0 Å². The number of amides is 2. The van der Waals surface area contributed by atoms with Crippen LogP contribution in [0.3, 0.4) is 0 Å². The van der Waals surface area contributed by atoms with E-state index in [4.69, 9.17) is 0 Å². The molecule has 0 fully saturated rings. The standard InChI is InChI=1S/C19H20F2N4O5/c1-29-15(26)8-14(18(27)30-2)24-19(28)25-6-5-13-16(23-9-22-13)17(25)11-4-3-10(20)7-12(11)21/h3-4,7,9,14,17H,5-6,8H2,1-2H3,(H,22,23)(H,24,28)/t14-,17?/m0/s1. The monoisotopic (exact) mass is 422 g/mol. The Morgan fingerprint density at radius 1 is 1.30 bits per heavy atom. The molecule has 2 heterocycles. The first-order valence-electron chi connectivity index (χ1n) is 9.04. The van der Waals surface area contributed by atoms with Crippen molar-refractivity contribution in [3.8, 4) is 0 Å². The number of ether oxygens (including phenoxy) is 2. The molecule has 2 atom stereocenters. The lowest BCUT2D eigenvalue weighted by molar-refractivity contribution is -0.149. The van der Waals surface area contributed by atoms with Crippen LogP contribution in [-0.2, 0) is 25.5 Å². The fourth-order valence-corrected chi connectivity index (χ4v) is 3.35. The van der Waals surface area contributed by atoms with Crippen molar-refractivity contribution in [3.63, 3.8) is 0 Å². The fraction of sp³-hybridized carbons (Fsp3) is 0.368. The molecule has 0 spiro atoms. The minimum absolute atomic E-state index is 0.0437. The van der Waals surface area contributed by atoms with E-state index >= 15 is 0 Å². The molecular formula is C19H20F2N4O5. The van der Waals surface area contributed by atoms with Crippen LogP contribution >= 0.6 is 0 Å². The van der Waals surface area contributed by atoms with Crippen molar-refractivity contribution in [2.45, 2.75) is 24.9 Å². The predicted octanol–water partition coefficient (Wildman–Crippen LogP) is 1.45. The Hall–Kier alpha value is -3.50. The van der Waals surface area contributed by atoms with E-state index in [9.17, 15) is 23.2 Å². The van der Waals surface area contributed by atoms with Crippen LogP contribution in [0.2, 0.25) is 0 Å². The molecule has 0 saturated heterocycles. The number of urea groups is 1. The summed E-state index contributed by atoms with van der Waals surface area (Å²) in [4.78, 5) is 45.0. The van der Waals surface area contributed by atoms with Gasteiger partial charge in [-0.1, -0.05) is 6.07 Å². The Morgan fingerprint density at radius 3 is 2.73 bits per heavy atom. The number of nitrogens with one attached hydrogen (secondary N) is 2. The number of carbonyl (C=O) groups excluding carboxylic acids is 3. The van der Waals surface area contributed by atoms with Gasteiger partial charge in [0.05, 0.1) is 32.7 Å². The molecule has 160 valence electrons. The molecule has 11 heteroatoms. The van der Waals surface area contributed by atoms with Crippen molar-refractivity contribution in [1.82, 2.24) is 20.2 Å². The SMILES string of the molecule is COC(=O)C[C@H](NC(=O)N1CCc2[nH]cnc2C1c1ccc(F)cc1F)C(=O)OC. The van der Waals surface area contributed by atoms with Crippen molar-refractivity contribution in [2.75, 3.05) is 20.8 Å². The van der Waals surface area contributed by atoms with E-state index in [-0.39, 0.29) is 12.1 Å². The van der Waals surface area contributed by atoms with Gasteiger partial charge in [0.2, 0.25) is 0 Å². The Balaban J connectivity index is 1.93. The number of aromatic nitrogens is 2. The third kappa shape index (κ3) is 4.24. The van der Waals surface area contributed by atoms with Crippen molar-refractivity contribution in [2.24, 2.45) is 0 Å². The minimum atomic E-state index is -1.30. The second-order valence-corrected chi connectivity index (χ2v) is 6.58. The van der Waals surface area contributed by atoms with Crippen molar-refractivity contribution >= 4 is 18.0 Å². The van der Waals surface area contributed by atoms with Crippen LogP contribution in [0, 0.1) is 11.6 Å². The molecule has 0 radical (unpaired) electrons. The van der Waals surface area contributed by atoms with Gasteiger partial charge in [-0.05, 0) is 6.07 Å². The van der Waals surface area contributed by atoms with Gasteiger partial charge in [0.15, 0.2) is 0 Å². The molecule has 0 bridgehead atoms. The number of benzene rings is 1. The maximum Gasteiger partial charge on any atom is 0.329 e. The first-order valence-corrected chi connectivity index (χ1v) is 9.04. The van der Waals surface area contributed by atoms with Gasteiger partial charge in [0.25, 0.3) is 0 Å². The molecule has 2 aromatic rings. The lowest BCUT2D eigenvalue weighted by Gasteiger charge is -2.36. The molecule has 30 heavy (non-hydrogen) atoms. The molecule has 2 N–H and O–H groups in total. The zero-order chi connectivity index (χ0) is 21.8. The highest BCUT2D eigenvalue weighted by molar-refractivity contribution is 5.87. The van der Waals surface area contributed by atoms with Gasteiger partial charge < -0.3 is 24.7 Å². The number of aromatic amines is 1. The molecule has 0 aliphatic carbocycles. The number of hydrogen-bond donors (Lipinski definition) is 2. The number of esters is 2. The highest BCUT2D eigenvalue weighted by Gasteiger charge is 2.37. The lowest BCUT2D eigenvalue weighted by atomic mass is 9.95. The summed E-state index contributed by atoms with van der Waals surface area (Å²) in [5.74, 6) is -3.15. The third-order valence-corrected chi connectivity index (χ3v) is 4.82. The summed E-state index contributed by atoms with van der Waals surface area (Å²) in [6, 6.07) is 0.0547. The van der Waals surface area contributed by atoms with Crippen LogP contribution in [0.4, 0.5) is 13.6 Å². The molecule has 1 aromatic carbocycles. The van der Waals surface area contributed by atoms with Crippen LogP contribution in [-0.4, -0.2) is 59.6 Å². The average molecular weight is 422 g/mol. The second kappa shape index (κ2) is 8.89. The summed E-state index contributed by atoms with van der Waals surface area (Å²) in [7, 11) is 2.27. The number of methoxy groups -OCH3 is 2. The Kier molecular flexibility index (Phi) is 6.28. The van der Waals surface area contributed by atoms with Crippen molar-refractivity contribution in [3.05, 3.63) is 53.1 Å². The largest absolute Gasteiger partial charge is 0.469 e. The molecule has 1 aromatic heterocycles. The van der Waals surface area contributed by atoms with Crippen molar-refractivity contribution < 1.29 is 32.6 Å². The predicted molar refractivity (Wildman–Crippen MR) is 98.2 cm³/mol. The first kappa shape index (κ1) is 21.2. The molecule has 2 amide bonds. The van der Waals surface area contributed by atoms with E-state index in [1.807, 2.05) is 0 Å². The van der Waals surface area contributed by atoms with Gasteiger partial charge in [-0.15, -0.1) is 0 Å². The van der Waals surface area contributed by atoms with E-state index < -0.39 is 48.1 Å². The Morgan fingerprint density at radius 2 is 2.07 bits per heavy atom. The first-order chi connectivity index (χ1) is 14.3. The van der Waals surface area contributed by atoms with Crippen LogP contribution in [0.15, 0.2) is 24.5 Å². The van der Waals surface area contributed by atoms with Gasteiger partial charge in [0.1, 0.15) is 23.7 Å². The highest BCUT2D eigenvalue weighted by Crippen LogP contribution is 2.34. The van der Waals surface area contributed by atoms with Crippen LogP contribution in [0.1, 0.15) is 29.4 Å². The molecule has 1 aliphatic rings. The number of nitrogens with zero attached hydrogens (tertiary/aromatic N) is 2. The second-order valence-electron chi connectivity index (χ2n) is 6.58. The van der Waals surface area contributed by atoms with E-state index in [2.05, 4.69) is 24.8 Å². The number of imidazole rings is 1. The summed E-state index contributed by atoms with van der Waals surface area (Å²) in [6.45, 7) is 0.161. The Bertz CT molecular complexity index is 964. The van der Waals surface area contributed by atoms with Crippen LogP contribution < -0.4 is 5.32 Å².